The third-order valence-electron chi connectivity index (χ3n) is 2.45. The van der Waals surface area contributed by atoms with E-state index in [1.165, 1.54) is 0 Å². The monoisotopic (exact) mass is 250 g/mol. The first kappa shape index (κ1) is 12.7. The Kier molecular flexibility index (Phi) is 3.38. The van der Waals surface area contributed by atoms with Gasteiger partial charge in [0, 0.05) is 6.54 Å². The van der Waals surface area contributed by atoms with Gasteiger partial charge in [-0.2, -0.15) is 0 Å². The van der Waals surface area contributed by atoms with Gasteiger partial charge in [0.15, 0.2) is 5.84 Å². The van der Waals surface area contributed by atoms with Crippen LogP contribution in [0.1, 0.15) is 12.8 Å². The molecule has 0 aromatic rings. The zero-order valence-corrected chi connectivity index (χ0v) is 9.33. The van der Waals surface area contributed by atoms with E-state index in [4.69, 9.17) is 16.1 Å². The van der Waals surface area contributed by atoms with Crippen molar-refractivity contribution in [2.45, 2.75) is 12.8 Å². The van der Waals surface area contributed by atoms with E-state index < -0.39 is 21.3 Å². The number of amides is 1. The lowest BCUT2D eigenvalue weighted by Gasteiger charge is -2.12. The van der Waals surface area contributed by atoms with Crippen LogP contribution >= 0.6 is 0 Å². The van der Waals surface area contributed by atoms with Crippen molar-refractivity contribution in [1.82, 2.24) is 5.32 Å². The van der Waals surface area contributed by atoms with Crippen molar-refractivity contribution in [3.63, 3.8) is 0 Å². The highest BCUT2D eigenvalue weighted by molar-refractivity contribution is 7.89. The maximum atomic E-state index is 11.6. The van der Waals surface area contributed by atoms with E-state index in [2.05, 4.69) is 10.5 Å². The summed E-state index contributed by atoms with van der Waals surface area (Å²) in [6.45, 7) is -0.0852. The first-order chi connectivity index (χ1) is 7.32. The number of carbonyl (C=O) groups excluding carboxylic acids is 1. The van der Waals surface area contributed by atoms with E-state index in [9.17, 15) is 13.2 Å². The fourth-order valence-electron chi connectivity index (χ4n) is 1.30. The highest BCUT2D eigenvalue weighted by Gasteiger charge is 2.54. The molecule has 1 aliphatic rings. The van der Waals surface area contributed by atoms with Crippen LogP contribution in [0.5, 0.6) is 0 Å². The van der Waals surface area contributed by atoms with E-state index in [1.54, 1.807) is 0 Å². The van der Waals surface area contributed by atoms with Crippen LogP contribution in [0.25, 0.3) is 0 Å². The predicted molar refractivity (Wildman–Crippen MR) is 56.1 cm³/mol. The minimum Gasteiger partial charge on any atom is -0.409 e. The van der Waals surface area contributed by atoms with Crippen LogP contribution in [-0.4, -0.2) is 37.7 Å². The molecule has 0 unspecified atom stereocenters. The quantitative estimate of drug-likeness (QED) is 0.191. The summed E-state index contributed by atoms with van der Waals surface area (Å²) in [6, 6.07) is 0. The van der Waals surface area contributed by atoms with Gasteiger partial charge in [-0.05, 0) is 12.8 Å². The molecule has 6 N–H and O–H groups in total. The predicted octanol–water partition coefficient (Wildman–Crippen LogP) is -2.08. The van der Waals surface area contributed by atoms with Gasteiger partial charge in [0.2, 0.25) is 15.9 Å². The van der Waals surface area contributed by atoms with Crippen molar-refractivity contribution in [2.24, 2.45) is 21.4 Å². The number of hydrogen-bond donors (Lipinski definition) is 4. The summed E-state index contributed by atoms with van der Waals surface area (Å²) in [5, 5.41) is 18.4. The summed E-state index contributed by atoms with van der Waals surface area (Å²) in [7, 11) is -3.60. The summed E-state index contributed by atoms with van der Waals surface area (Å²) >= 11 is 0. The van der Waals surface area contributed by atoms with Crippen LogP contribution in [-0.2, 0) is 14.8 Å². The Labute approximate surface area is 92.7 Å². The Morgan fingerprint density at radius 3 is 2.44 bits per heavy atom. The summed E-state index contributed by atoms with van der Waals surface area (Å²) < 4.78 is 21.2. The minimum atomic E-state index is -3.60. The molecule has 1 amide bonds. The Morgan fingerprint density at radius 2 is 2.06 bits per heavy atom. The zero-order valence-electron chi connectivity index (χ0n) is 8.51. The number of rotatable bonds is 5. The molecule has 0 spiro atoms. The van der Waals surface area contributed by atoms with Crippen molar-refractivity contribution >= 4 is 21.8 Å². The second-order valence-corrected chi connectivity index (χ2v) is 5.42. The summed E-state index contributed by atoms with van der Waals surface area (Å²) in [5.74, 6) is -0.933. The molecule has 1 aliphatic carbocycles. The van der Waals surface area contributed by atoms with Gasteiger partial charge in [-0.15, -0.1) is 0 Å². The zero-order chi connectivity index (χ0) is 12.4. The van der Waals surface area contributed by atoms with E-state index in [0.717, 1.165) is 0 Å². The molecular formula is C7H14N4O4S. The third-order valence-corrected chi connectivity index (χ3v) is 3.23. The number of sulfonamides is 1. The molecular weight excluding hydrogens is 236 g/mol. The van der Waals surface area contributed by atoms with Gasteiger partial charge in [-0.1, -0.05) is 5.16 Å². The number of hydrogen-bond acceptors (Lipinski definition) is 5. The molecule has 0 aliphatic heterocycles. The van der Waals surface area contributed by atoms with Crippen LogP contribution in [0.4, 0.5) is 0 Å². The summed E-state index contributed by atoms with van der Waals surface area (Å²) in [5.41, 5.74) is 4.40. The van der Waals surface area contributed by atoms with Crippen molar-refractivity contribution in [1.29, 1.82) is 0 Å². The van der Waals surface area contributed by atoms with E-state index in [0.29, 0.717) is 12.8 Å². The number of amidine groups is 1. The third kappa shape index (κ3) is 2.83. The maximum Gasteiger partial charge on any atom is 0.233 e. The number of nitrogens with zero attached hydrogens (tertiary/aromatic N) is 1. The molecule has 0 heterocycles. The first-order valence-corrected chi connectivity index (χ1v) is 6.30. The molecule has 0 aromatic carbocycles. The molecule has 0 saturated heterocycles. The van der Waals surface area contributed by atoms with Gasteiger partial charge in [0.1, 0.15) is 5.41 Å². The average Bonchev–Trinajstić information content (AvgIpc) is 2.95. The van der Waals surface area contributed by atoms with Crippen LogP contribution in [0.2, 0.25) is 0 Å². The van der Waals surface area contributed by atoms with Gasteiger partial charge in [0.25, 0.3) is 0 Å². The molecule has 9 heteroatoms. The number of primary sulfonamides is 1. The normalized spacial score (nSPS) is 19.2. The molecule has 92 valence electrons. The number of carbonyl (C=O) groups is 1. The Bertz CT molecular complexity index is 412. The molecule has 8 nitrogen and oxygen atoms in total. The average molecular weight is 250 g/mol. The minimum absolute atomic E-state index is 0.0852. The molecule has 0 bridgehead atoms. The van der Waals surface area contributed by atoms with E-state index in [-0.39, 0.29) is 18.1 Å². The van der Waals surface area contributed by atoms with Crippen molar-refractivity contribution < 1.29 is 18.4 Å². The van der Waals surface area contributed by atoms with Crippen LogP contribution in [0.15, 0.2) is 5.16 Å². The Hall–Kier alpha value is -1.35. The topological polar surface area (TPSA) is 148 Å². The maximum absolute atomic E-state index is 11.6. The Morgan fingerprint density at radius 1 is 1.50 bits per heavy atom. The molecule has 0 radical (unpaired) electrons. The fourth-order valence-corrected chi connectivity index (χ4v) is 1.68. The SMILES string of the molecule is NC(=NO)C1(C(=O)NCCS(N)(=O)=O)CC1. The van der Waals surface area contributed by atoms with Gasteiger partial charge in [0.05, 0.1) is 5.75 Å². The van der Waals surface area contributed by atoms with Gasteiger partial charge < -0.3 is 16.3 Å². The van der Waals surface area contributed by atoms with Crippen LogP contribution < -0.4 is 16.2 Å². The Balaban J connectivity index is 2.48. The van der Waals surface area contributed by atoms with Crippen molar-refractivity contribution in [3.8, 4) is 0 Å². The number of oxime groups is 1. The van der Waals surface area contributed by atoms with Crippen LogP contribution in [0, 0.1) is 5.41 Å². The summed E-state index contributed by atoms with van der Waals surface area (Å²) in [4.78, 5) is 11.6. The smallest absolute Gasteiger partial charge is 0.233 e. The first-order valence-electron chi connectivity index (χ1n) is 4.58. The molecule has 16 heavy (non-hydrogen) atoms. The second-order valence-electron chi connectivity index (χ2n) is 3.69. The molecule has 1 fully saturated rings. The fraction of sp³-hybridized carbons (Fsp3) is 0.714. The van der Waals surface area contributed by atoms with Crippen molar-refractivity contribution in [2.75, 3.05) is 12.3 Å². The number of nitrogens with two attached hydrogens (primary N) is 2. The molecule has 0 aromatic heterocycles. The summed E-state index contributed by atoms with van der Waals surface area (Å²) in [6.07, 6.45) is 0.980. The molecule has 1 saturated carbocycles. The lowest BCUT2D eigenvalue weighted by Crippen LogP contribution is -2.42. The number of nitrogens with one attached hydrogen (secondary N) is 1. The van der Waals surface area contributed by atoms with E-state index >= 15 is 0 Å². The van der Waals surface area contributed by atoms with E-state index in [1.807, 2.05) is 0 Å². The highest BCUT2D eigenvalue weighted by atomic mass is 32.2. The van der Waals surface area contributed by atoms with Gasteiger partial charge >= 0.3 is 0 Å². The van der Waals surface area contributed by atoms with Gasteiger partial charge in [-0.25, -0.2) is 13.6 Å². The molecule has 1 rings (SSSR count). The second kappa shape index (κ2) is 4.26. The highest BCUT2D eigenvalue weighted by Crippen LogP contribution is 2.45. The van der Waals surface area contributed by atoms with Crippen molar-refractivity contribution in [3.05, 3.63) is 0 Å². The lowest BCUT2D eigenvalue weighted by molar-refractivity contribution is -0.124. The van der Waals surface area contributed by atoms with Gasteiger partial charge in [-0.3, -0.25) is 4.79 Å². The standard InChI is InChI=1S/C7H14N4O4S/c8-5(11-13)7(1-2-7)6(12)10-3-4-16(9,14)15/h13H,1-4H2,(H2,8,11)(H,10,12)(H2,9,14,15). The van der Waals surface area contributed by atoms with Crippen LogP contribution in [0.3, 0.4) is 0 Å². The largest absolute Gasteiger partial charge is 0.409 e. The lowest BCUT2D eigenvalue weighted by atomic mass is 10.1. The molecule has 0 atom stereocenters.